The number of hydrogen-bond acceptors (Lipinski definition) is 5. The third-order valence-electron chi connectivity index (χ3n) is 4.90. The standard InChI is InChI=1S/C21H21N5O3/c1-13-19-18(14(2)25(24-19)16-8-5-4-6-9-16)21(28)26(23-13)15(3)20(27)22-12-17-10-7-11-29-17/h4-11,15H,12H2,1-3H3,(H,22,27)/t15-/m0/s1. The highest BCUT2D eigenvalue weighted by molar-refractivity contribution is 5.84. The number of nitrogens with zero attached hydrogens (tertiary/aromatic N) is 4. The fraction of sp³-hybridized carbons (Fsp3) is 0.238. The summed E-state index contributed by atoms with van der Waals surface area (Å²) >= 11 is 0. The molecular weight excluding hydrogens is 370 g/mol. The first-order chi connectivity index (χ1) is 14.0. The van der Waals surface area contributed by atoms with E-state index in [0.29, 0.717) is 28.1 Å². The largest absolute Gasteiger partial charge is 0.467 e. The molecule has 1 aromatic carbocycles. The van der Waals surface area contributed by atoms with Crippen LogP contribution in [-0.2, 0) is 11.3 Å². The quantitative estimate of drug-likeness (QED) is 0.564. The fourth-order valence-corrected chi connectivity index (χ4v) is 3.31. The van der Waals surface area contributed by atoms with Crippen molar-refractivity contribution in [1.29, 1.82) is 0 Å². The maximum absolute atomic E-state index is 13.2. The molecule has 0 saturated heterocycles. The monoisotopic (exact) mass is 391 g/mol. The maximum atomic E-state index is 13.2. The molecule has 1 atom stereocenters. The first-order valence-electron chi connectivity index (χ1n) is 9.31. The number of amides is 1. The Morgan fingerprint density at radius 3 is 2.59 bits per heavy atom. The van der Waals surface area contributed by atoms with E-state index >= 15 is 0 Å². The molecule has 1 N–H and O–H groups in total. The molecule has 0 saturated carbocycles. The van der Waals surface area contributed by atoms with Gasteiger partial charge in [-0.05, 0) is 45.0 Å². The van der Waals surface area contributed by atoms with E-state index in [1.165, 1.54) is 4.68 Å². The van der Waals surface area contributed by atoms with Crippen molar-refractivity contribution in [2.45, 2.75) is 33.4 Å². The topological polar surface area (TPSA) is 95.0 Å². The third-order valence-corrected chi connectivity index (χ3v) is 4.90. The number of benzene rings is 1. The van der Waals surface area contributed by atoms with Crippen LogP contribution in [0.3, 0.4) is 0 Å². The Morgan fingerprint density at radius 2 is 1.90 bits per heavy atom. The zero-order chi connectivity index (χ0) is 20.5. The second-order valence-electron chi connectivity index (χ2n) is 6.86. The molecule has 8 nitrogen and oxygen atoms in total. The zero-order valence-corrected chi connectivity index (χ0v) is 16.4. The highest BCUT2D eigenvalue weighted by atomic mass is 16.3. The van der Waals surface area contributed by atoms with Gasteiger partial charge in [-0.3, -0.25) is 9.59 Å². The van der Waals surface area contributed by atoms with Gasteiger partial charge in [0.05, 0.1) is 35.3 Å². The highest BCUT2D eigenvalue weighted by Gasteiger charge is 2.23. The second kappa shape index (κ2) is 7.38. The van der Waals surface area contributed by atoms with Gasteiger partial charge in [0.15, 0.2) is 0 Å². The summed E-state index contributed by atoms with van der Waals surface area (Å²) in [7, 11) is 0. The van der Waals surface area contributed by atoms with Crippen LogP contribution >= 0.6 is 0 Å². The van der Waals surface area contributed by atoms with E-state index in [2.05, 4.69) is 15.5 Å². The molecule has 4 rings (SSSR count). The number of carbonyl (C=O) groups is 1. The molecule has 3 heterocycles. The Labute approximate surface area is 166 Å². The lowest BCUT2D eigenvalue weighted by atomic mass is 10.2. The molecule has 0 aliphatic heterocycles. The van der Waals surface area contributed by atoms with E-state index in [0.717, 1.165) is 5.69 Å². The van der Waals surface area contributed by atoms with Crippen molar-refractivity contribution < 1.29 is 9.21 Å². The van der Waals surface area contributed by atoms with Gasteiger partial charge in [0, 0.05) is 0 Å². The second-order valence-corrected chi connectivity index (χ2v) is 6.86. The van der Waals surface area contributed by atoms with Gasteiger partial charge in [0.25, 0.3) is 5.56 Å². The molecule has 0 spiro atoms. The van der Waals surface area contributed by atoms with E-state index in [1.807, 2.05) is 37.3 Å². The van der Waals surface area contributed by atoms with E-state index in [-0.39, 0.29) is 18.0 Å². The molecule has 0 radical (unpaired) electrons. The normalized spacial score (nSPS) is 12.2. The molecule has 0 bridgehead atoms. The number of nitrogens with one attached hydrogen (secondary N) is 1. The lowest BCUT2D eigenvalue weighted by Crippen LogP contribution is -2.37. The van der Waals surface area contributed by atoms with Crippen LogP contribution in [0.2, 0.25) is 0 Å². The summed E-state index contributed by atoms with van der Waals surface area (Å²) in [4.78, 5) is 25.8. The first-order valence-corrected chi connectivity index (χ1v) is 9.31. The summed E-state index contributed by atoms with van der Waals surface area (Å²) in [5.41, 5.74) is 2.35. The predicted octanol–water partition coefficient (Wildman–Crippen LogP) is 2.67. The van der Waals surface area contributed by atoms with Gasteiger partial charge in [0.2, 0.25) is 5.91 Å². The number of aryl methyl sites for hydroxylation is 2. The van der Waals surface area contributed by atoms with Gasteiger partial charge in [-0.15, -0.1) is 0 Å². The smallest absolute Gasteiger partial charge is 0.278 e. The minimum absolute atomic E-state index is 0.247. The van der Waals surface area contributed by atoms with Crippen molar-refractivity contribution in [3.63, 3.8) is 0 Å². The molecule has 29 heavy (non-hydrogen) atoms. The van der Waals surface area contributed by atoms with Crippen LogP contribution in [0, 0.1) is 13.8 Å². The van der Waals surface area contributed by atoms with Crippen LogP contribution in [0.15, 0.2) is 57.9 Å². The van der Waals surface area contributed by atoms with Crippen molar-refractivity contribution >= 4 is 16.8 Å². The lowest BCUT2D eigenvalue weighted by molar-refractivity contribution is -0.124. The van der Waals surface area contributed by atoms with Crippen LogP contribution in [0.25, 0.3) is 16.6 Å². The van der Waals surface area contributed by atoms with Crippen molar-refractivity contribution in [3.8, 4) is 5.69 Å². The number of fused-ring (bicyclic) bond motifs is 1. The summed E-state index contributed by atoms with van der Waals surface area (Å²) in [6.07, 6.45) is 1.54. The first kappa shape index (κ1) is 18.7. The maximum Gasteiger partial charge on any atom is 0.278 e. The van der Waals surface area contributed by atoms with E-state index in [4.69, 9.17) is 4.42 Å². The summed E-state index contributed by atoms with van der Waals surface area (Å²) in [6, 6.07) is 12.3. The number of para-hydroxylation sites is 1. The van der Waals surface area contributed by atoms with E-state index in [1.54, 1.807) is 36.9 Å². The predicted molar refractivity (Wildman–Crippen MR) is 108 cm³/mol. The Morgan fingerprint density at radius 1 is 1.14 bits per heavy atom. The fourth-order valence-electron chi connectivity index (χ4n) is 3.31. The summed E-state index contributed by atoms with van der Waals surface area (Å²) in [5.74, 6) is 0.320. The SMILES string of the molecule is Cc1nn([C@@H](C)C(=O)NCc2ccco2)c(=O)c2c(C)n(-c3ccccc3)nc12. The number of hydrogen-bond donors (Lipinski definition) is 1. The van der Waals surface area contributed by atoms with Crippen LogP contribution in [-0.4, -0.2) is 25.5 Å². The molecule has 3 aromatic heterocycles. The summed E-state index contributed by atoms with van der Waals surface area (Å²) in [5, 5.41) is 12.2. The van der Waals surface area contributed by atoms with Crippen LogP contribution in [0.1, 0.15) is 30.1 Å². The number of rotatable bonds is 5. The average Bonchev–Trinajstić information content (AvgIpc) is 3.37. The Bertz CT molecular complexity index is 1220. The molecule has 0 unspecified atom stereocenters. The van der Waals surface area contributed by atoms with Crippen molar-refractivity contribution in [1.82, 2.24) is 24.9 Å². The van der Waals surface area contributed by atoms with Gasteiger partial charge in [-0.1, -0.05) is 18.2 Å². The highest BCUT2D eigenvalue weighted by Crippen LogP contribution is 2.20. The van der Waals surface area contributed by atoms with Crippen molar-refractivity contribution in [3.05, 3.63) is 76.2 Å². The van der Waals surface area contributed by atoms with Crippen LogP contribution < -0.4 is 10.9 Å². The van der Waals surface area contributed by atoms with Gasteiger partial charge in [0.1, 0.15) is 17.3 Å². The zero-order valence-electron chi connectivity index (χ0n) is 16.4. The van der Waals surface area contributed by atoms with Gasteiger partial charge >= 0.3 is 0 Å². The lowest BCUT2D eigenvalue weighted by Gasteiger charge is -2.14. The minimum atomic E-state index is -0.778. The average molecular weight is 391 g/mol. The molecule has 4 aromatic rings. The Balaban J connectivity index is 1.72. The Kier molecular flexibility index (Phi) is 4.75. The molecule has 0 aliphatic rings. The third kappa shape index (κ3) is 3.33. The molecule has 1 amide bonds. The number of carbonyl (C=O) groups excluding carboxylic acids is 1. The molecule has 148 valence electrons. The number of aromatic nitrogens is 4. The van der Waals surface area contributed by atoms with Crippen molar-refractivity contribution in [2.24, 2.45) is 0 Å². The van der Waals surface area contributed by atoms with Crippen LogP contribution in [0.5, 0.6) is 0 Å². The molecule has 0 fully saturated rings. The molecule has 8 heteroatoms. The van der Waals surface area contributed by atoms with Crippen molar-refractivity contribution in [2.75, 3.05) is 0 Å². The minimum Gasteiger partial charge on any atom is -0.467 e. The summed E-state index contributed by atoms with van der Waals surface area (Å²) in [6.45, 7) is 5.52. The Hall–Kier alpha value is -3.68. The van der Waals surface area contributed by atoms with E-state index in [9.17, 15) is 9.59 Å². The summed E-state index contributed by atoms with van der Waals surface area (Å²) < 4.78 is 8.17. The van der Waals surface area contributed by atoms with Crippen LogP contribution in [0.4, 0.5) is 0 Å². The van der Waals surface area contributed by atoms with Gasteiger partial charge in [-0.2, -0.15) is 10.2 Å². The van der Waals surface area contributed by atoms with Gasteiger partial charge in [-0.25, -0.2) is 9.36 Å². The molecular formula is C21H21N5O3. The molecule has 0 aliphatic carbocycles. The number of furan rings is 1. The van der Waals surface area contributed by atoms with E-state index < -0.39 is 6.04 Å². The van der Waals surface area contributed by atoms with Gasteiger partial charge < -0.3 is 9.73 Å².